The Morgan fingerprint density at radius 3 is 2.94 bits per heavy atom. The first kappa shape index (κ1) is 12.5. The molecule has 2 rings (SSSR count). The van der Waals surface area contributed by atoms with Gasteiger partial charge in [0.1, 0.15) is 11.6 Å². The van der Waals surface area contributed by atoms with Gasteiger partial charge in [0.05, 0.1) is 6.54 Å². The van der Waals surface area contributed by atoms with Crippen LogP contribution in [0.15, 0.2) is 0 Å². The van der Waals surface area contributed by atoms with Crippen molar-refractivity contribution < 1.29 is 5.11 Å². The summed E-state index contributed by atoms with van der Waals surface area (Å²) in [5.74, 6) is 2.14. The van der Waals surface area contributed by atoms with Crippen LogP contribution in [0, 0.1) is 5.41 Å². The number of hydrogen-bond donors (Lipinski definition) is 2. The summed E-state index contributed by atoms with van der Waals surface area (Å²) in [5.41, 5.74) is -0.0786. The Hall–Kier alpha value is -0.940. The van der Waals surface area contributed by atoms with Crippen LogP contribution < -0.4 is 5.32 Å². The van der Waals surface area contributed by atoms with Crippen molar-refractivity contribution in [3.8, 4) is 0 Å². The van der Waals surface area contributed by atoms with Crippen molar-refractivity contribution in [2.45, 2.75) is 46.2 Å². The van der Waals surface area contributed by atoms with Gasteiger partial charge < -0.3 is 15.0 Å². The monoisotopic (exact) mass is 238 g/mol. The minimum Gasteiger partial charge on any atom is -0.396 e. The zero-order valence-electron chi connectivity index (χ0n) is 10.7. The second-order valence-corrected chi connectivity index (χ2v) is 5.57. The number of aryl methyl sites for hydroxylation is 1. The SMILES string of the molecule is CC(C)(CO)CNCc1nnc2n1CCCC2. The van der Waals surface area contributed by atoms with E-state index < -0.39 is 0 Å². The van der Waals surface area contributed by atoms with Crippen LogP contribution in [0.4, 0.5) is 0 Å². The van der Waals surface area contributed by atoms with Crippen molar-refractivity contribution >= 4 is 0 Å². The van der Waals surface area contributed by atoms with Crippen molar-refractivity contribution in [2.24, 2.45) is 5.41 Å². The summed E-state index contributed by atoms with van der Waals surface area (Å²) in [5, 5.41) is 21.0. The smallest absolute Gasteiger partial charge is 0.147 e. The number of nitrogens with one attached hydrogen (secondary N) is 1. The molecule has 1 aliphatic rings. The highest BCUT2D eigenvalue weighted by molar-refractivity contribution is 4.98. The van der Waals surface area contributed by atoms with Gasteiger partial charge in [-0.1, -0.05) is 13.8 Å². The maximum absolute atomic E-state index is 9.17. The zero-order valence-corrected chi connectivity index (χ0v) is 10.7. The Labute approximate surface area is 102 Å². The molecule has 1 aliphatic heterocycles. The summed E-state index contributed by atoms with van der Waals surface area (Å²) in [6.45, 7) is 6.83. The van der Waals surface area contributed by atoms with E-state index in [0.29, 0.717) is 0 Å². The van der Waals surface area contributed by atoms with Gasteiger partial charge in [-0.3, -0.25) is 0 Å². The Morgan fingerprint density at radius 2 is 2.18 bits per heavy atom. The maximum Gasteiger partial charge on any atom is 0.147 e. The summed E-state index contributed by atoms with van der Waals surface area (Å²) in [6.07, 6.45) is 3.50. The summed E-state index contributed by atoms with van der Waals surface area (Å²) in [7, 11) is 0. The number of aromatic nitrogens is 3. The molecule has 0 atom stereocenters. The van der Waals surface area contributed by atoms with Crippen LogP contribution in [0.1, 0.15) is 38.3 Å². The van der Waals surface area contributed by atoms with Gasteiger partial charge in [0.25, 0.3) is 0 Å². The van der Waals surface area contributed by atoms with Crippen LogP contribution in [0.3, 0.4) is 0 Å². The molecule has 0 saturated carbocycles. The summed E-state index contributed by atoms with van der Waals surface area (Å²) in [4.78, 5) is 0. The number of nitrogens with zero attached hydrogens (tertiary/aromatic N) is 3. The highest BCUT2D eigenvalue weighted by atomic mass is 16.3. The lowest BCUT2D eigenvalue weighted by Crippen LogP contribution is -2.32. The summed E-state index contributed by atoms with van der Waals surface area (Å²) >= 11 is 0. The molecule has 0 fully saturated rings. The zero-order chi connectivity index (χ0) is 12.3. The fourth-order valence-corrected chi connectivity index (χ4v) is 2.07. The molecule has 0 unspecified atom stereocenters. The van der Waals surface area contributed by atoms with E-state index in [0.717, 1.165) is 37.7 Å². The number of aliphatic hydroxyl groups is 1. The van der Waals surface area contributed by atoms with Crippen molar-refractivity contribution in [3.63, 3.8) is 0 Å². The molecule has 0 spiro atoms. The van der Waals surface area contributed by atoms with Crippen LogP contribution in [0.25, 0.3) is 0 Å². The fraction of sp³-hybridized carbons (Fsp3) is 0.833. The Morgan fingerprint density at radius 1 is 1.35 bits per heavy atom. The molecule has 0 bridgehead atoms. The van der Waals surface area contributed by atoms with E-state index in [1.165, 1.54) is 12.8 Å². The van der Waals surface area contributed by atoms with Crippen molar-refractivity contribution in [2.75, 3.05) is 13.2 Å². The number of rotatable bonds is 5. The van der Waals surface area contributed by atoms with Crippen LogP contribution >= 0.6 is 0 Å². The van der Waals surface area contributed by atoms with Gasteiger partial charge >= 0.3 is 0 Å². The lowest BCUT2D eigenvalue weighted by Gasteiger charge is -2.22. The average molecular weight is 238 g/mol. The minimum absolute atomic E-state index is 0.0786. The molecule has 2 heterocycles. The molecule has 0 saturated heterocycles. The highest BCUT2D eigenvalue weighted by Gasteiger charge is 2.18. The topological polar surface area (TPSA) is 63.0 Å². The Bertz CT molecular complexity index is 373. The van der Waals surface area contributed by atoms with Crippen LogP contribution in [0.5, 0.6) is 0 Å². The first-order valence-electron chi connectivity index (χ1n) is 6.35. The molecule has 5 nitrogen and oxygen atoms in total. The van der Waals surface area contributed by atoms with Crippen molar-refractivity contribution in [3.05, 3.63) is 11.6 Å². The first-order chi connectivity index (χ1) is 8.12. The largest absolute Gasteiger partial charge is 0.396 e. The molecule has 0 amide bonds. The molecule has 0 aliphatic carbocycles. The molecule has 2 N–H and O–H groups in total. The fourth-order valence-electron chi connectivity index (χ4n) is 2.07. The molecule has 1 aromatic heterocycles. The van der Waals surface area contributed by atoms with Crippen LogP contribution in [-0.2, 0) is 19.5 Å². The Kier molecular flexibility index (Phi) is 3.79. The van der Waals surface area contributed by atoms with E-state index in [2.05, 4.69) is 20.1 Å². The third-order valence-electron chi connectivity index (χ3n) is 3.25. The minimum atomic E-state index is -0.0786. The lowest BCUT2D eigenvalue weighted by atomic mass is 9.95. The van der Waals surface area contributed by atoms with Gasteiger partial charge in [0.2, 0.25) is 0 Å². The van der Waals surface area contributed by atoms with E-state index in [4.69, 9.17) is 0 Å². The van der Waals surface area contributed by atoms with Gasteiger partial charge in [0.15, 0.2) is 0 Å². The molecule has 5 heteroatoms. The molecule has 0 aromatic carbocycles. The predicted octanol–water partition coefficient (Wildman–Crippen LogP) is 0.722. The number of hydrogen-bond acceptors (Lipinski definition) is 4. The standard InChI is InChI=1S/C12H22N4O/c1-12(2,9-17)8-13-7-11-15-14-10-5-3-4-6-16(10)11/h13,17H,3-9H2,1-2H3. The number of fused-ring (bicyclic) bond motifs is 1. The van der Waals surface area contributed by atoms with Gasteiger partial charge in [-0.05, 0) is 12.8 Å². The molecule has 17 heavy (non-hydrogen) atoms. The average Bonchev–Trinajstić information content (AvgIpc) is 2.73. The summed E-state index contributed by atoms with van der Waals surface area (Å²) < 4.78 is 2.22. The van der Waals surface area contributed by atoms with Crippen LogP contribution in [-0.4, -0.2) is 33.0 Å². The van der Waals surface area contributed by atoms with Crippen LogP contribution in [0.2, 0.25) is 0 Å². The van der Waals surface area contributed by atoms with E-state index in [1.54, 1.807) is 0 Å². The number of aliphatic hydroxyl groups excluding tert-OH is 1. The second-order valence-electron chi connectivity index (χ2n) is 5.57. The van der Waals surface area contributed by atoms with E-state index in [-0.39, 0.29) is 12.0 Å². The van der Waals surface area contributed by atoms with E-state index in [1.807, 2.05) is 13.8 Å². The molecular weight excluding hydrogens is 216 g/mol. The molecular formula is C12H22N4O. The first-order valence-corrected chi connectivity index (χ1v) is 6.35. The van der Waals surface area contributed by atoms with Crippen molar-refractivity contribution in [1.82, 2.24) is 20.1 Å². The third-order valence-corrected chi connectivity index (χ3v) is 3.25. The molecule has 1 aromatic rings. The molecule has 96 valence electrons. The van der Waals surface area contributed by atoms with E-state index >= 15 is 0 Å². The highest BCUT2D eigenvalue weighted by Crippen LogP contribution is 2.15. The second kappa shape index (κ2) is 5.14. The van der Waals surface area contributed by atoms with Gasteiger partial charge in [-0.2, -0.15) is 0 Å². The van der Waals surface area contributed by atoms with Gasteiger partial charge in [-0.15, -0.1) is 10.2 Å². The normalized spacial score (nSPS) is 15.9. The summed E-state index contributed by atoms with van der Waals surface area (Å²) in [6, 6.07) is 0. The third kappa shape index (κ3) is 3.04. The van der Waals surface area contributed by atoms with Gasteiger partial charge in [-0.25, -0.2) is 0 Å². The van der Waals surface area contributed by atoms with E-state index in [9.17, 15) is 5.11 Å². The van der Waals surface area contributed by atoms with Crippen molar-refractivity contribution in [1.29, 1.82) is 0 Å². The Balaban J connectivity index is 1.89. The maximum atomic E-state index is 9.17. The quantitative estimate of drug-likeness (QED) is 0.793. The molecule has 0 radical (unpaired) electrons. The lowest BCUT2D eigenvalue weighted by molar-refractivity contribution is 0.156. The van der Waals surface area contributed by atoms with Gasteiger partial charge in [0, 0.05) is 31.5 Å². The predicted molar refractivity (Wildman–Crippen MR) is 65.5 cm³/mol.